The van der Waals surface area contributed by atoms with Crippen molar-refractivity contribution in [1.29, 1.82) is 0 Å². The molecule has 0 unspecified atom stereocenters. The number of hydrogen-bond acceptors (Lipinski definition) is 2. The number of methoxy groups -OCH3 is 1. The van der Waals surface area contributed by atoms with Crippen molar-refractivity contribution in [3.63, 3.8) is 0 Å². The number of carbonyl (C=O) groups is 1. The lowest BCUT2D eigenvalue weighted by atomic mass is 9.90. The van der Waals surface area contributed by atoms with Crippen LogP contribution in [0.5, 0.6) is 5.75 Å². The number of aryl methyl sites for hydroxylation is 1. The molecule has 0 N–H and O–H groups in total. The lowest BCUT2D eigenvalue weighted by Crippen LogP contribution is -2.05. The molecule has 0 fully saturated rings. The molecule has 84 valence electrons. The minimum atomic E-state index is 0.330. The molecule has 1 aliphatic rings. The lowest BCUT2D eigenvalue weighted by molar-refractivity contribution is -0.118. The fourth-order valence-electron chi connectivity index (χ4n) is 2.16. The molecule has 0 aromatic heterocycles. The number of allylic oxidation sites excluding steroid dienone is 2. The molecule has 2 rings (SSSR count). The van der Waals surface area contributed by atoms with Crippen LogP contribution in [0.1, 0.15) is 30.4 Å². The molecule has 1 aromatic rings. The first kappa shape index (κ1) is 10.9. The monoisotopic (exact) mass is 216 g/mol. The van der Waals surface area contributed by atoms with E-state index in [1.165, 1.54) is 11.1 Å². The molecule has 0 saturated carbocycles. The average Bonchev–Trinajstić information content (AvgIpc) is 2.30. The minimum absolute atomic E-state index is 0.330. The van der Waals surface area contributed by atoms with Crippen LogP contribution in [-0.4, -0.2) is 12.9 Å². The first-order valence-electron chi connectivity index (χ1n) is 5.57. The zero-order valence-electron chi connectivity index (χ0n) is 9.75. The molecular weight excluding hydrogens is 200 g/mol. The van der Waals surface area contributed by atoms with Crippen molar-refractivity contribution in [3.8, 4) is 5.75 Å². The molecule has 0 radical (unpaired) electrons. The van der Waals surface area contributed by atoms with Crippen LogP contribution < -0.4 is 4.74 Å². The van der Waals surface area contributed by atoms with Crippen LogP contribution in [-0.2, 0) is 4.79 Å². The van der Waals surface area contributed by atoms with Gasteiger partial charge in [0.2, 0.25) is 0 Å². The van der Waals surface area contributed by atoms with Crippen molar-refractivity contribution < 1.29 is 9.53 Å². The summed E-state index contributed by atoms with van der Waals surface area (Å²) in [5.74, 6) is 1.23. The van der Waals surface area contributed by atoms with Crippen molar-refractivity contribution in [3.05, 3.63) is 35.4 Å². The van der Waals surface area contributed by atoms with Crippen LogP contribution in [0.15, 0.2) is 24.3 Å². The highest BCUT2D eigenvalue weighted by atomic mass is 16.5. The number of hydrogen-bond donors (Lipinski definition) is 0. The summed E-state index contributed by atoms with van der Waals surface area (Å²) in [6, 6.07) is 6.04. The molecule has 0 spiro atoms. The summed E-state index contributed by atoms with van der Waals surface area (Å²) in [5, 5.41) is 0. The highest BCUT2D eigenvalue weighted by molar-refractivity contribution is 5.88. The molecule has 0 heterocycles. The van der Waals surface area contributed by atoms with Crippen LogP contribution in [0.3, 0.4) is 0 Å². The van der Waals surface area contributed by atoms with Crippen molar-refractivity contribution in [2.75, 3.05) is 7.11 Å². The second-order valence-corrected chi connectivity index (χ2v) is 4.12. The molecule has 1 aliphatic carbocycles. The summed E-state index contributed by atoms with van der Waals surface area (Å²) in [6.07, 6.45) is 4.09. The molecule has 16 heavy (non-hydrogen) atoms. The Morgan fingerprint density at radius 3 is 2.69 bits per heavy atom. The Hall–Kier alpha value is -1.57. The molecular formula is C14H16O2. The Kier molecular flexibility index (Phi) is 3.09. The molecule has 2 heteroatoms. The third-order valence-corrected chi connectivity index (χ3v) is 3.02. The molecule has 1 aromatic carbocycles. The number of rotatable bonds is 2. The van der Waals surface area contributed by atoms with Crippen LogP contribution >= 0.6 is 0 Å². The molecule has 0 saturated heterocycles. The highest BCUT2D eigenvalue weighted by Crippen LogP contribution is 2.34. The number of ether oxygens (including phenoxy) is 1. The van der Waals surface area contributed by atoms with Gasteiger partial charge in [0.15, 0.2) is 0 Å². The van der Waals surface area contributed by atoms with E-state index in [1.54, 1.807) is 7.11 Å². The Morgan fingerprint density at radius 1 is 1.25 bits per heavy atom. The van der Waals surface area contributed by atoms with Gasteiger partial charge in [-0.3, -0.25) is 4.79 Å². The Morgan fingerprint density at radius 2 is 2.06 bits per heavy atom. The fourth-order valence-corrected chi connectivity index (χ4v) is 2.16. The average molecular weight is 216 g/mol. The number of Topliss-reactive ketones (excluding diaryl/α,β-unsaturated/α-hetero) is 1. The zero-order chi connectivity index (χ0) is 11.5. The number of ketones is 1. The summed E-state index contributed by atoms with van der Waals surface area (Å²) >= 11 is 0. The van der Waals surface area contributed by atoms with Gasteiger partial charge in [-0.25, -0.2) is 0 Å². The SMILES string of the molecule is COc1cccc(C)c1C1=CCC(=O)CC1. The first-order valence-corrected chi connectivity index (χ1v) is 5.57. The van der Waals surface area contributed by atoms with E-state index in [9.17, 15) is 4.79 Å². The van der Waals surface area contributed by atoms with E-state index in [0.29, 0.717) is 18.6 Å². The second-order valence-electron chi connectivity index (χ2n) is 4.12. The van der Waals surface area contributed by atoms with Gasteiger partial charge >= 0.3 is 0 Å². The van der Waals surface area contributed by atoms with Gasteiger partial charge in [-0.1, -0.05) is 18.2 Å². The van der Waals surface area contributed by atoms with Crippen LogP contribution in [0.4, 0.5) is 0 Å². The van der Waals surface area contributed by atoms with Gasteiger partial charge in [0.25, 0.3) is 0 Å². The Balaban J connectivity index is 2.43. The molecule has 0 atom stereocenters. The van der Waals surface area contributed by atoms with Crippen molar-refractivity contribution in [2.45, 2.75) is 26.2 Å². The Labute approximate surface area is 95.9 Å². The van der Waals surface area contributed by atoms with Crippen molar-refractivity contribution >= 4 is 11.4 Å². The normalized spacial score (nSPS) is 15.9. The van der Waals surface area contributed by atoms with E-state index in [1.807, 2.05) is 18.2 Å². The Bertz CT molecular complexity index is 444. The van der Waals surface area contributed by atoms with E-state index in [2.05, 4.69) is 13.0 Å². The predicted octanol–water partition coefficient (Wildman–Crippen LogP) is 3.14. The van der Waals surface area contributed by atoms with Crippen LogP contribution in [0.2, 0.25) is 0 Å². The lowest BCUT2D eigenvalue weighted by Gasteiger charge is -2.17. The van der Waals surface area contributed by atoms with Crippen molar-refractivity contribution in [2.24, 2.45) is 0 Å². The first-order chi connectivity index (χ1) is 7.72. The van der Waals surface area contributed by atoms with E-state index < -0.39 is 0 Å². The summed E-state index contributed by atoms with van der Waals surface area (Å²) < 4.78 is 5.38. The number of carbonyl (C=O) groups excluding carboxylic acids is 1. The second kappa shape index (κ2) is 4.52. The smallest absolute Gasteiger partial charge is 0.137 e. The van der Waals surface area contributed by atoms with E-state index >= 15 is 0 Å². The van der Waals surface area contributed by atoms with Crippen LogP contribution in [0.25, 0.3) is 5.57 Å². The standard InChI is InChI=1S/C14H16O2/c1-10-4-3-5-13(16-2)14(10)11-6-8-12(15)9-7-11/h3-6H,7-9H2,1-2H3. The van der Waals surface area contributed by atoms with Gasteiger partial charge in [0.1, 0.15) is 11.5 Å². The van der Waals surface area contributed by atoms with Gasteiger partial charge in [-0.15, -0.1) is 0 Å². The number of benzene rings is 1. The summed E-state index contributed by atoms with van der Waals surface area (Å²) in [4.78, 5) is 11.2. The summed E-state index contributed by atoms with van der Waals surface area (Å²) in [5.41, 5.74) is 3.62. The maximum absolute atomic E-state index is 11.2. The van der Waals surface area contributed by atoms with E-state index in [0.717, 1.165) is 17.7 Å². The van der Waals surface area contributed by atoms with Gasteiger partial charge in [0.05, 0.1) is 7.11 Å². The van der Waals surface area contributed by atoms with Crippen molar-refractivity contribution in [1.82, 2.24) is 0 Å². The van der Waals surface area contributed by atoms with E-state index in [4.69, 9.17) is 4.74 Å². The topological polar surface area (TPSA) is 26.3 Å². The highest BCUT2D eigenvalue weighted by Gasteiger charge is 2.16. The zero-order valence-corrected chi connectivity index (χ0v) is 9.75. The summed E-state index contributed by atoms with van der Waals surface area (Å²) in [7, 11) is 1.69. The summed E-state index contributed by atoms with van der Waals surface area (Å²) in [6.45, 7) is 2.08. The minimum Gasteiger partial charge on any atom is -0.496 e. The maximum atomic E-state index is 11.2. The fraction of sp³-hybridized carbons (Fsp3) is 0.357. The van der Waals surface area contributed by atoms with Gasteiger partial charge < -0.3 is 4.74 Å². The van der Waals surface area contributed by atoms with E-state index in [-0.39, 0.29) is 0 Å². The van der Waals surface area contributed by atoms with Gasteiger partial charge in [0, 0.05) is 18.4 Å². The van der Waals surface area contributed by atoms with Crippen LogP contribution in [0, 0.1) is 6.92 Å². The largest absolute Gasteiger partial charge is 0.496 e. The maximum Gasteiger partial charge on any atom is 0.137 e. The van der Waals surface area contributed by atoms with Gasteiger partial charge in [-0.2, -0.15) is 0 Å². The third kappa shape index (κ3) is 2.01. The molecule has 0 bridgehead atoms. The predicted molar refractivity (Wildman–Crippen MR) is 64.6 cm³/mol. The third-order valence-electron chi connectivity index (χ3n) is 3.02. The molecule has 2 nitrogen and oxygen atoms in total. The quantitative estimate of drug-likeness (QED) is 0.759. The molecule has 0 aliphatic heterocycles. The van der Waals surface area contributed by atoms with Gasteiger partial charge in [-0.05, 0) is 30.5 Å². The molecule has 0 amide bonds.